The molecule has 2 aromatic heterocycles. The van der Waals surface area contributed by atoms with Gasteiger partial charge in [-0.1, -0.05) is 25.1 Å². The minimum atomic E-state index is 0.0500. The lowest BCUT2D eigenvalue weighted by Crippen LogP contribution is -2.45. The molecule has 3 heterocycles. The van der Waals surface area contributed by atoms with E-state index in [4.69, 9.17) is 4.52 Å². The molecular formula is C18H26N4O2S. The molecule has 136 valence electrons. The smallest absolute Gasteiger partial charge is 0.241 e. The maximum absolute atomic E-state index is 12.5. The molecular weight excluding hydrogens is 336 g/mol. The Hall–Kier alpha value is -1.73. The number of carbonyl (C=O) groups is 1. The van der Waals surface area contributed by atoms with E-state index in [0.717, 1.165) is 43.6 Å². The van der Waals surface area contributed by atoms with Gasteiger partial charge in [0.1, 0.15) is 0 Å². The van der Waals surface area contributed by atoms with Crippen LogP contribution >= 0.6 is 11.3 Å². The van der Waals surface area contributed by atoms with E-state index in [1.165, 1.54) is 0 Å². The summed E-state index contributed by atoms with van der Waals surface area (Å²) in [5.74, 6) is 1.49. The Bertz CT molecular complexity index is 666. The predicted molar refractivity (Wildman–Crippen MR) is 98.1 cm³/mol. The van der Waals surface area contributed by atoms with Crippen molar-refractivity contribution in [3.63, 3.8) is 0 Å². The number of carbonyl (C=O) groups excluding carboxylic acids is 1. The number of hydrogen-bond donors (Lipinski definition) is 1. The second-order valence-electron chi connectivity index (χ2n) is 6.59. The molecule has 1 atom stereocenters. The Labute approximate surface area is 152 Å². The van der Waals surface area contributed by atoms with Crippen LogP contribution in [0.15, 0.2) is 22.0 Å². The summed E-state index contributed by atoms with van der Waals surface area (Å²) in [6.07, 6.45) is 3.93. The zero-order valence-electron chi connectivity index (χ0n) is 14.9. The molecule has 6 nitrogen and oxygen atoms in total. The highest BCUT2D eigenvalue weighted by atomic mass is 32.1. The van der Waals surface area contributed by atoms with Crippen LogP contribution in [-0.2, 0) is 11.3 Å². The first-order valence-corrected chi connectivity index (χ1v) is 9.96. The molecule has 25 heavy (non-hydrogen) atoms. The van der Waals surface area contributed by atoms with Gasteiger partial charge in [-0.25, -0.2) is 0 Å². The number of amides is 1. The SMILES string of the molecule is CCC(CC)NC(=O)C1CCCN(Cc2nc(-c3cccs3)no2)C1. The Balaban J connectivity index is 1.56. The Morgan fingerprint density at radius 2 is 2.32 bits per heavy atom. The molecule has 1 aliphatic heterocycles. The van der Waals surface area contributed by atoms with E-state index < -0.39 is 0 Å². The number of piperidine rings is 1. The Morgan fingerprint density at radius 3 is 3.04 bits per heavy atom. The monoisotopic (exact) mass is 362 g/mol. The normalized spacial score (nSPS) is 18.6. The summed E-state index contributed by atoms with van der Waals surface area (Å²) in [5, 5.41) is 9.23. The molecule has 0 spiro atoms. The van der Waals surface area contributed by atoms with E-state index in [2.05, 4.69) is 34.2 Å². The summed E-state index contributed by atoms with van der Waals surface area (Å²) in [6, 6.07) is 4.24. The predicted octanol–water partition coefficient (Wildman–Crippen LogP) is 3.31. The van der Waals surface area contributed by atoms with Gasteiger partial charge in [0.15, 0.2) is 0 Å². The van der Waals surface area contributed by atoms with Crippen molar-refractivity contribution < 1.29 is 9.32 Å². The van der Waals surface area contributed by atoms with Crippen molar-refractivity contribution in [2.45, 2.75) is 52.1 Å². The van der Waals surface area contributed by atoms with Crippen LogP contribution in [0.2, 0.25) is 0 Å². The molecule has 1 N–H and O–H groups in total. The van der Waals surface area contributed by atoms with E-state index in [1.54, 1.807) is 11.3 Å². The van der Waals surface area contributed by atoms with Gasteiger partial charge in [0, 0.05) is 12.6 Å². The maximum Gasteiger partial charge on any atom is 0.241 e. The molecule has 1 fully saturated rings. The molecule has 1 saturated heterocycles. The fourth-order valence-electron chi connectivity index (χ4n) is 3.24. The first-order chi connectivity index (χ1) is 12.2. The van der Waals surface area contributed by atoms with E-state index in [1.807, 2.05) is 17.5 Å². The highest BCUT2D eigenvalue weighted by Crippen LogP contribution is 2.23. The van der Waals surface area contributed by atoms with Gasteiger partial charge in [-0.05, 0) is 43.7 Å². The topological polar surface area (TPSA) is 71.3 Å². The van der Waals surface area contributed by atoms with Gasteiger partial charge in [-0.2, -0.15) is 4.98 Å². The average molecular weight is 362 g/mol. The number of rotatable bonds is 7. The molecule has 1 aliphatic rings. The zero-order chi connectivity index (χ0) is 17.6. The van der Waals surface area contributed by atoms with Crippen molar-refractivity contribution >= 4 is 17.2 Å². The molecule has 1 amide bonds. The van der Waals surface area contributed by atoms with Crippen LogP contribution in [0.3, 0.4) is 0 Å². The summed E-state index contributed by atoms with van der Waals surface area (Å²) in [6.45, 7) is 6.55. The number of nitrogens with zero attached hydrogens (tertiary/aromatic N) is 3. The van der Waals surface area contributed by atoms with Crippen molar-refractivity contribution in [3.05, 3.63) is 23.4 Å². The van der Waals surface area contributed by atoms with Gasteiger partial charge in [0.05, 0.1) is 17.3 Å². The van der Waals surface area contributed by atoms with Gasteiger partial charge < -0.3 is 9.84 Å². The van der Waals surface area contributed by atoms with Crippen LogP contribution in [0.4, 0.5) is 0 Å². The first kappa shape index (κ1) is 18.1. The number of thiophene rings is 1. The van der Waals surface area contributed by atoms with Gasteiger partial charge >= 0.3 is 0 Å². The molecule has 3 rings (SSSR count). The maximum atomic E-state index is 12.5. The number of nitrogens with one attached hydrogen (secondary N) is 1. The van der Waals surface area contributed by atoms with Crippen LogP contribution in [0.1, 0.15) is 45.4 Å². The summed E-state index contributed by atoms with van der Waals surface area (Å²) in [5.41, 5.74) is 0. The van der Waals surface area contributed by atoms with Crippen LogP contribution in [0, 0.1) is 5.92 Å². The zero-order valence-corrected chi connectivity index (χ0v) is 15.7. The molecule has 0 radical (unpaired) electrons. The molecule has 0 bridgehead atoms. The van der Waals surface area contributed by atoms with Gasteiger partial charge in [-0.3, -0.25) is 9.69 Å². The molecule has 1 unspecified atom stereocenters. The molecule has 7 heteroatoms. The number of aromatic nitrogens is 2. The van der Waals surface area contributed by atoms with Crippen LogP contribution < -0.4 is 5.32 Å². The summed E-state index contributed by atoms with van der Waals surface area (Å²) in [4.78, 5) is 20.2. The first-order valence-electron chi connectivity index (χ1n) is 9.08. The van der Waals surface area contributed by atoms with Crippen molar-refractivity contribution in [1.29, 1.82) is 0 Å². The van der Waals surface area contributed by atoms with E-state index >= 15 is 0 Å². The minimum Gasteiger partial charge on any atom is -0.353 e. The highest BCUT2D eigenvalue weighted by molar-refractivity contribution is 7.13. The van der Waals surface area contributed by atoms with E-state index in [9.17, 15) is 4.79 Å². The molecule has 0 aromatic carbocycles. The van der Waals surface area contributed by atoms with E-state index in [-0.39, 0.29) is 17.9 Å². The van der Waals surface area contributed by atoms with Crippen LogP contribution in [-0.4, -0.2) is 40.1 Å². The fraction of sp³-hybridized carbons (Fsp3) is 0.611. The lowest BCUT2D eigenvalue weighted by atomic mass is 9.96. The Morgan fingerprint density at radius 1 is 1.48 bits per heavy atom. The third-order valence-electron chi connectivity index (χ3n) is 4.78. The average Bonchev–Trinajstić information content (AvgIpc) is 3.31. The summed E-state index contributed by atoms with van der Waals surface area (Å²) >= 11 is 1.60. The summed E-state index contributed by atoms with van der Waals surface area (Å²) in [7, 11) is 0. The van der Waals surface area contributed by atoms with Gasteiger partial charge in [0.2, 0.25) is 17.6 Å². The third-order valence-corrected chi connectivity index (χ3v) is 5.64. The largest absolute Gasteiger partial charge is 0.353 e. The van der Waals surface area contributed by atoms with E-state index in [0.29, 0.717) is 18.3 Å². The standard InChI is InChI=1S/C18H26N4O2S/c1-3-14(4-2)19-18(23)13-7-5-9-22(11-13)12-16-20-17(21-24-16)15-8-6-10-25-15/h6,8,10,13-14H,3-5,7,9,11-12H2,1-2H3,(H,19,23). The van der Waals surface area contributed by atoms with Crippen molar-refractivity contribution in [1.82, 2.24) is 20.4 Å². The van der Waals surface area contributed by atoms with Crippen LogP contribution in [0.5, 0.6) is 0 Å². The molecule has 0 aliphatic carbocycles. The Kier molecular flexibility index (Phi) is 6.20. The summed E-state index contributed by atoms with van der Waals surface area (Å²) < 4.78 is 5.39. The lowest BCUT2D eigenvalue weighted by molar-refractivity contribution is -0.127. The quantitative estimate of drug-likeness (QED) is 0.818. The minimum absolute atomic E-state index is 0.0500. The van der Waals surface area contributed by atoms with Crippen molar-refractivity contribution in [2.75, 3.05) is 13.1 Å². The number of likely N-dealkylation sites (tertiary alicyclic amines) is 1. The second-order valence-corrected chi connectivity index (χ2v) is 7.53. The van der Waals surface area contributed by atoms with Crippen molar-refractivity contribution in [2.24, 2.45) is 5.92 Å². The van der Waals surface area contributed by atoms with Crippen LogP contribution in [0.25, 0.3) is 10.7 Å². The van der Waals surface area contributed by atoms with Gasteiger partial charge in [0.25, 0.3) is 0 Å². The van der Waals surface area contributed by atoms with Gasteiger partial charge in [-0.15, -0.1) is 11.3 Å². The lowest BCUT2D eigenvalue weighted by Gasteiger charge is -2.31. The fourth-order valence-corrected chi connectivity index (χ4v) is 3.89. The van der Waals surface area contributed by atoms with Crippen molar-refractivity contribution in [3.8, 4) is 10.7 Å². The number of hydrogen-bond acceptors (Lipinski definition) is 6. The highest BCUT2D eigenvalue weighted by Gasteiger charge is 2.27. The third kappa shape index (κ3) is 4.67. The molecule has 2 aromatic rings. The molecule has 0 saturated carbocycles. The second kappa shape index (κ2) is 8.58.